The van der Waals surface area contributed by atoms with Gasteiger partial charge in [-0.2, -0.15) is 27.8 Å². The largest absolute Gasteiger partial charge is 0.461 e. The molecule has 1 unspecified atom stereocenters. The number of halogens is 5. The predicted octanol–water partition coefficient (Wildman–Crippen LogP) is 4.93. The molecule has 0 spiro atoms. The molecule has 0 radical (unpaired) electrons. The Kier molecular flexibility index (Phi) is 6.14. The second kappa shape index (κ2) is 7.84. The van der Waals surface area contributed by atoms with E-state index in [1.165, 1.54) is 19.1 Å². The van der Waals surface area contributed by atoms with E-state index in [4.69, 9.17) is 11.6 Å². The maximum absolute atomic E-state index is 13.5. The van der Waals surface area contributed by atoms with Gasteiger partial charge in [0.15, 0.2) is 5.75 Å². The first kappa shape index (κ1) is 21.1. The van der Waals surface area contributed by atoms with Crippen molar-refractivity contribution in [3.05, 3.63) is 35.5 Å². The van der Waals surface area contributed by atoms with Gasteiger partial charge in [-0.05, 0) is 38.5 Å². The molecule has 1 aliphatic rings. The first-order chi connectivity index (χ1) is 12.5. The second-order valence-corrected chi connectivity index (χ2v) is 6.61. The minimum atomic E-state index is -4.72. The number of anilines is 1. The maximum atomic E-state index is 13.5. The number of carbonyl (C=O) groups excluding carboxylic acids is 1. The fraction of sp³-hybridized carbons (Fsp3) is 0.471. The van der Waals surface area contributed by atoms with Crippen LogP contribution in [0.15, 0.2) is 40.2 Å². The monoisotopic (exact) mass is 407 g/mol. The van der Waals surface area contributed by atoms with Crippen LogP contribution in [0.1, 0.15) is 19.4 Å². The molecule has 10 heteroatoms. The van der Waals surface area contributed by atoms with E-state index in [9.17, 15) is 22.4 Å². The van der Waals surface area contributed by atoms with Crippen molar-refractivity contribution in [1.29, 1.82) is 0 Å². The number of carbonyl (C=O) groups is 1. The summed E-state index contributed by atoms with van der Waals surface area (Å²) in [5.74, 6) is -1.63. The summed E-state index contributed by atoms with van der Waals surface area (Å²) in [4.78, 5) is 13.5. The standard InChI is InChI=1S/C17H18ClF4N3O2/c1-10-5-4-6-12(27-17(21,22)15(19)20)14(10)25(13(26)8-18)9-16(3)7-11(2)23-24-16/h4-7,15H,8-9H2,1-3H3. The molecule has 0 saturated carbocycles. The van der Waals surface area contributed by atoms with Crippen LogP contribution in [-0.2, 0) is 4.79 Å². The van der Waals surface area contributed by atoms with E-state index >= 15 is 0 Å². The van der Waals surface area contributed by atoms with Gasteiger partial charge in [-0.1, -0.05) is 12.1 Å². The third-order valence-electron chi connectivity index (χ3n) is 3.82. The number of alkyl halides is 5. The lowest BCUT2D eigenvalue weighted by atomic mass is 10.0. The van der Waals surface area contributed by atoms with Gasteiger partial charge in [-0.15, -0.1) is 11.6 Å². The normalized spacial score (nSPS) is 19.4. The van der Waals surface area contributed by atoms with Crippen LogP contribution in [0.2, 0.25) is 0 Å². The number of rotatable bonds is 7. The van der Waals surface area contributed by atoms with Gasteiger partial charge in [0.05, 0.1) is 17.9 Å². The van der Waals surface area contributed by atoms with Crippen LogP contribution in [-0.4, -0.2) is 36.4 Å². The fourth-order valence-electron chi connectivity index (χ4n) is 2.71. The van der Waals surface area contributed by atoms with Gasteiger partial charge >= 0.3 is 12.5 Å². The Balaban J connectivity index is 2.50. The van der Waals surface area contributed by atoms with Crippen LogP contribution >= 0.6 is 11.6 Å². The van der Waals surface area contributed by atoms with Crippen molar-refractivity contribution in [2.24, 2.45) is 10.2 Å². The quantitative estimate of drug-likeness (QED) is 0.475. The third kappa shape index (κ3) is 4.77. The highest BCUT2D eigenvalue weighted by molar-refractivity contribution is 6.29. The molecule has 1 aromatic carbocycles. The summed E-state index contributed by atoms with van der Waals surface area (Å²) in [6.07, 6.45) is -7.05. The number of hydrogen-bond acceptors (Lipinski definition) is 4. The Labute approximate surface area is 158 Å². The van der Waals surface area contributed by atoms with Crippen molar-refractivity contribution in [2.45, 2.75) is 38.8 Å². The van der Waals surface area contributed by atoms with E-state index in [0.717, 1.165) is 11.0 Å². The van der Waals surface area contributed by atoms with E-state index in [2.05, 4.69) is 15.0 Å². The number of ether oxygens (including phenoxy) is 1. The Morgan fingerprint density at radius 2 is 2.04 bits per heavy atom. The van der Waals surface area contributed by atoms with Crippen molar-refractivity contribution in [2.75, 3.05) is 17.3 Å². The number of benzene rings is 1. The summed E-state index contributed by atoms with van der Waals surface area (Å²) in [5, 5.41) is 7.99. The molecule has 27 heavy (non-hydrogen) atoms. The smallest absolute Gasteiger partial charge is 0.426 e. The highest BCUT2D eigenvalue weighted by Crippen LogP contribution is 2.38. The van der Waals surface area contributed by atoms with Gasteiger partial charge < -0.3 is 9.64 Å². The minimum Gasteiger partial charge on any atom is -0.426 e. The molecule has 1 heterocycles. The molecule has 0 saturated heterocycles. The Hall–Kier alpha value is -2.16. The highest BCUT2D eigenvalue weighted by Gasteiger charge is 2.45. The molecule has 0 bridgehead atoms. The van der Waals surface area contributed by atoms with E-state index in [0.29, 0.717) is 11.3 Å². The number of aryl methyl sites for hydroxylation is 1. The number of amides is 1. The zero-order valence-corrected chi connectivity index (χ0v) is 15.6. The van der Waals surface area contributed by atoms with Crippen molar-refractivity contribution >= 4 is 23.2 Å². The number of nitrogens with zero attached hydrogens (tertiary/aromatic N) is 3. The van der Waals surface area contributed by atoms with Gasteiger partial charge in [-0.25, -0.2) is 0 Å². The maximum Gasteiger partial charge on any atom is 0.461 e. The topological polar surface area (TPSA) is 54.3 Å². The SMILES string of the molecule is CC1=CC(C)(CN(C(=O)CCl)c2c(C)cccc2OC(F)(F)C(F)F)N=N1. The molecule has 0 fully saturated rings. The second-order valence-electron chi connectivity index (χ2n) is 6.34. The molecule has 0 aromatic heterocycles. The Morgan fingerprint density at radius 1 is 1.37 bits per heavy atom. The zero-order chi connectivity index (χ0) is 20.4. The average molecular weight is 408 g/mol. The minimum absolute atomic E-state index is 0.0714. The summed E-state index contributed by atoms with van der Waals surface area (Å²) in [7, 11) is 0. The van der Waals surface area contributed by atoms with E-state index in [-0.39, 0.29) is 12.2 Å². The first-order valence-corrected chi connectivity index (χ1v) is 8.46. The van der Waals surface area contributed by atoms with Crippen molar-refractivity contribution in [3.8, 4) is 5.75 Å². The van der Waals surface area contributed by atoms with E-state index < -0.39 is 35.6 Å². The summed E-state index contributed by atoms with van der Waals surface area (Å²) in [6.45, 7) is 4.86. The number of allylic oxidation sites excluding steroid dienone is 1. The molecule has 1 aromatic rings. The van der Waals surface area contributed by atoms with Crippen LogP contribution < -0.4 is 9.64 Å². The van der Waals surface area contributed by atoms with Crippen molar-refractivity contribution in [1.82, 2.24) is 0 Å². The Morgan fingerprint density at radius 3 is 2.56 bits per heavy atom. The highest BCUT2D eigenvalue weighted by atomic mass is 35.5. The van der Waals surface area contributed by atoms with Crippen molar-refractivity contribution < 1.29 is 27.1 Å². The average Bonchev–Trinajstić information content (AvgIpc) is 2.91. The summed E-state index contributed by atoms with van der Waals surface area (Å²) in [5.41, 5.74) is 0.00530. The fourth-order valence-corrected chi connectivity index (χ4v) is 2.86. The van der Waals surface area contributed by atoms with Gasteiger partial charge in [-0.3, -0.25) is 4.79 Å². The molecule has 1 amide bonds. The van der Waals surface area contributed by atoms with Crippen LogP contribution in [0.25, 0.3) is 0 Å². The van der Waals surface area contributed by atoms with Crippen LogP contribution in [0, 0.1) is 6.92 Å². The number of hydrogen-bond donors (Lipinski definition) is 0. The van der Waals surface area contributed by atoms with Gasteiger partial charge in [0.2, 0.25) is 5.91 Å². The summed E-state index contributed by atoms with van der Waals surface area (Å²) >= 11 is 5.67. The van der Waals surface area contributed by atoms with Crippen LogP contribution in [0.5, 0.6) is 5.75 Å². The lowest BCUT2D eigenvalue weighted by Crippen LogP contribution is -2.43. The van der Waals surface area contributed by atoms with Gasteiger partial charge in [0.1, 0.15) is 11.4 Å². The molecular weight excluding hydrogens is 390 g/mol. The molecule has 2 rings (SSSR count). The zero-order valence-electron chi connectivity index (χ0n) is 14.8. The third-order valence-corrected chi connectivity index (χ3v) is 4.05. The molecule has 1 atom stereocenters. The predicted molar refractivity (Wildman–Crippen MR) is 92.8 cm³/mol. The van der Waals surface area contributed by atoms with Crippen LogP contribution in [0.4, 0.5) is 23.2 Å². The lowest BCUT2D eigenvalue weighted by Gasteiger charge is -2.31. The van der Waals surface area contributed by atoms with Crippen molar-refractivity contribution in [3.63, 3.8) is 0 Å². The molecular formula is C17H18ClF4N3O2. The first-order valence-electron chi connectivity index (χ1n) is 7.92. The van der Waals surface area contributed by atoms with E-state index in [1.807, 2.05) is 0 Å². The molecule has 0 aliphatic carbocycles. The molecule has 148 valence electrons. The lowest BCUT2D eigenvalue weighted by molar-refractivity contribution is -0.253. The molecule has 0 N–H and O–H groups in total. The summed E-state index contributed by atoms with van der Waals surface area (Å²) < 4.78 is 56.4. The van der Waals surface area contributed by atoms with Gasteiger partial charge in [0, 0.05) is 0 Å². The number of para-hydroxylation sites is 1. The summed E-state index contributed by atoms with van der Waals surface area (Å²) in [6, 6.07) is 3.99. The molecule has 1 aliphatic heterocycles. The van der Waals surface area contributed by atoms with Gasteiger partial charge in [0.25, 0.3) is 0 Å². The van der Waals surface area contributed by atoms with E-state index in [1.54, 1.807) is 19.9 Å². The Bertz CT molecular complexity index is 785. The number of azo groups is 1. The van der Waals surface area contributed by atoms with Crippen LogP contribution in [0.3, 0.4) is 0 Å². The molecule has 5 nitrogen and oxygen atoms in total.